The minimum absolute atomic E-state index is 0.0485. The molecule has 1 fully saturated rings. The molecule has 1 saturated heterocycles. The van der Waals surface area contributed by atoms with Crippen LogP contribution in [0.3, 0.4) is 0 Å². The Labute approximate surface area is 138 Å². The fourth-order valence-corrected chi connectivity index (χ4v) is 3.08. The van der Waals surface area contributed by atoms with Crippen LogP contribution in [-0.2, 0) is 0 Å². The molecule has 1 atom stereocenters. The van der Waals surface area contributed by atoms with Gasteiger partial charge in [0.1, 0.15) is 12.0 Å². The topological polar surface area (TPSA) is 98.1 Å². The number of nitrogens with two attached hydrogens (primary N) is 1. The average molecular weight is 336 g/mol. The molecular formula is C15H18ClN5O2. The molecule has 2 aromatic rings. The van der Waals surface area contributed by atoms with E-state index in [4.69, 9.17) is 21.8 Å². The number of halogens is 1. The first-order valence-electron chi connectivity index (χ1n) is 7.52. The van der Waals surface area contributed by atoms with Crippen molar-refractivity contribution in [3.63, 3.8) is 0 Å². The van der Waals surface area contributed by atoms with Gasteiger partial charge in [0, 0.05) is 12.5 Å². The molecule has 7 nitrogen and oxygen atoms in total. The summed E-state index contributed by atoms with van der Waals surface area (Å²) in [4.78, 5) is 26.9. The van der Waals surface area contributed by atoms with Crippen LogP contribution in [0.15, 0.2) is 16.9 Å². The smallest absolute Gasteiger partial charge is 0.248 e. The summed E-state index contributed by atoms with van der Waals surface area (Å²) in [5, 5.41) is 0.0583. The SMILES string of the molecule is CN1CCCC1CCC(=O)c1nc(Cl)c(-c2ncco2)nc1N. The Bertz CT molecular complexity index is 704. The predicted octanol–water partition coefficient (Wildman–Crippen LogP) is 2.42. The third kappa shape index (κ3) is 3.35. The zero-order chi connectivity index (χ0) is 16.4. The number of carbonyl (C=O) groups is 1. The van der Waals surface area contributed by atoms with Crippen molar-refractivity contribution in [1.82, 2.24) is 19.9 Å². The molecule has 1 aliphatic rings. The third-order valence-electron chi connectivity index (χ3n) is 4.16. The van der Waals surface area contributed by atoms with Crippen LogP contribution in [0.25, 0.3) is 11.6 Å². The second kappa shape index (κ2) is 6.64. The Balaban J connectivity index is 1.74. The molecule has 2 aromatic heterocycles. The Hall–Kier alpha value is -1.99. The number of rotatable bonds is 5. The molecular weight excluding hydrogens is 318 g/mol. The minimum Gasteiger partial charge on any atom is -0.443 e. The fraction of sp³-hybridized carbons (Fsp3) is 0.467. The third-order valence-corrected chi connectivity index (χ3v) is 4.42. The summed E-state index contributed by atoms with van der Waals surface area (Å²) in [7, 11) is 2.08. The second-order valence-electron chi connectivity index (χ2n) is 5.67. The molecule has 1 aliphatic heterocycles. The van der Waals surface area contributed by atoms with Crippen LogP contribution in [0.4, 0.5) is 5.82 Å². The van der Waals surface area contributed by atoms with Gasteiger partial charge in [-0.15, -0.1) is 0 Å². The van der Waals surface area contributed by atoms with E-state index in [1.54, 1.807) is 0 Å². The number of hydrogen-bond acceptors (Lipinski definition) is 7. The van der Waals surface area contributed by atoms with Gasteiger partial charge in [0.05, 0.1) is 6.20 Å². The van der Waals surface area contributed by atoms with Gasteiger partial charge in [-0.1, -0.05) is 11.6 Å². The van der Waals surface area contributed by atoms with Gasteiger partial charge < -0.3 is 15.1 Å². The van der Waals surface area contributed by atoms with Gasteiger partial charge in [0.2, 0.25) is 5.89 Å². The lowest BCUT2D eigenvalue weighted by Crippen LogP contribution is -2.25. The summed E-state index contributed by atoms with van der Waals surface area (Å²) >= 11 is 6.10. The van der Waals surface area contributed by atoms with E-state index in [2.05, 4.69) is 26.9 Å². The van der Waals surface area contributed by atoms with Gasteiger partial charge in [-0.25, -0.2) is 15.0 Å². The monoisotopic (exact) mass is 335 g/mol. The number of likely N-dealkylation sites (tertiary alicyclic amines) is 1. The molecule has 0 saturated carbocycles. The van der Waals surface area contributed by atoms with E-state index in [0.717, 1.165) is 19.4 Å². The summed E-state index contributed by atoms with van der Waals surface area (Å²) in [5.41, 5.74) is 6.23. The van der Waals surface area contributed by atoms with E-state index in [0.29, 0.717) is 12.5 Å². The molecule has 1 unspecified atom stereocenters. The van der Waals surface area contributed by atoms with Crippen molar-refractivity contribution in [2.45, 2.75) is 31.7 Å². The number of ketones is 1. The highest BCUT2D eigenvalue weighted by Crippen LogP contribution is 2.26. The van der Waals surface area contributed by atoms with Crippen molar-refractivity contribution in [2.75, 3.05) is 19.3 Å². The molecule has 3 heterocycles. The van der Waals surface area contributed by atoms with Gasteiger partial charge in [-0.3, -0.25) is 4.79 Å². The van der Waals surface area contributed by atoms with Gasteiger partial charge in [-0.2, -0.15) is 0 Å². The number of anilines is 1. The molecule has 0 radical (unpaired) electrons. The van der Waals surface area contributed by atoms with Crippen molar-refractivity contribution in [3.05, 3.63) is 23.3 Å². The second-order valence-corrected chi connectivity index (χ2v) is 6.03. The van der Waals surface area contributed by atoms with Crippen LogP contribution in [0.1, 0.15) is 36.2 Å². The summed E-state index contributed by atoms with van der Waals surface area (Å²) in [6.45, 7) is 1.08. The molecule has 3 rings (SSSR count). The van der Waals surface area contributed by atoms with Gasteiger partial charge in [0.25, 0.3) is 0 Å². The van der Waals surface area contributed by atoms with Gasteiger partial charge in [0.15, 0.2) is 22.4 Å². The summed E-state index contributed by atoms with van der Waals surface area (Å²) in [5.74, 6) is 0.129. The lowest BCUT2D eigenvalue weighted by Gasteiger charge is -2.18. The zero-order valence-electron chi connectivity index (χ0n) is 12.8. The van der Waals surface area contributed by atoms with E-state index < -0.39 is 0 Å². The Morgan fingerprint density at radius 2 is 2.35 bits per heavy atom. The van der Waals surface area contributed by atoms with Crippen molar-refractivity contribution in [2.24, 2.45) is 0 Å². The quantitative estimate of drug-likeness (QED) is 0.838. The van der Waals surface area contributed by atoms with Crippen molar-refractivity contribution in [3.8, 4) is 11.6 Å². The molecule has 8 heteroatoms. The molecule has 122 valence electrons. The maximum Gasteiger partial charge on any atom is 0.248 e. The van der Waals surface area contributed by atoms with Crippen LogP contribution in [0.2, 0.25) is 5.15 Å². The average Bonchev–Trinajstić information content (AvgIpc) is 3.18. The van der Waals surface area contributed by atoms with E-state index in [9.17, 15) is 4.79 Å². The highest BCUT2D eigenvalue weighted by molar-refractivity contribution is 6.31. The summed E-state index contributed by atoms with van der Waals surface area (Å²) < 4.78 is 5.14. The first kappa shape index (κ1) is 15.9. The van der Waals surface area contributed by atoms with Crippen molar-refractivity contribution in [1.29, 1.82) is 0 Å². The number of aromatic nitrogens is 3. The van der Waals surface area contributed by atoms with Crippen LogP contribution in [0.5, 0.6) is 0 Å². The summed E-state index contributed by atoms with van der Waals surface area (Å²) in [6.07, 6.45) is 6.34. The number of Topliss-reactive ketones (excluding diaryl/α,β-unsaturated/α-hetero) is 1. The first-order chi connectivity index (χ1) is 11.1. The molecule has 23 heavy (non-hydrogen) atoms. The van der Waals surface area contributed by atoms with Gasteiger partial charge >= 0.3 is 0 Å². The summed E-state index contributed by atoms with van der Waals surface area (Å²) in [6, 6.07) is 0.440. The molecule has 0 spiro atoms. The lowest BCUT2D eigenvalue weighted by atomic mass is 10.1. The number of hydrogen-bond donors (Lipinski definition) is 1. The Kier molecular flexibility index (Phi) is 4.58. The molecule has 0 aliphatic carbocycles. The maximum absolute atomic E-state index is 12.4. The largest absolute Gasteiger partial charge is 0.443 e. The van der Waals surface area contributed by atoms with E-state index in [1.165, 1.54) is 18.9 Å². The lowest BCUT2D eigenvalue weighted by molar-refractivity contribution is 0.0966. The van der Waals surface area contributed by atoms with Crippen molar-refractivity contribution < 1.29 is 9.21 Å². The Morgan fingerprint density at radius 3 is 3.00 bits per heavy atom. The fourth-order valence-electron chi connectivity index (χ4n) is 2.87. The number of carbonyl (C=O) groups excluding carboxylic acids is 1. The Morgan fingerprint density at radius 1 is 1.52 bits per heavy atom. The normalized spacial score (nSPS) is 18.4. The van der Waals surface area contributed by atoms with E-state index in [-0.39, 0.29) is 34.0 Å². The number of nitrogens with zero attached hydrogens (tertiary/aromatic N) is 4. The van der Waals surface area contributed by atoms with Crippen LogP contribution >= 0.6 is 11.6 Å². The maximum atomic E-state index is 12.4. The van der Waals surface area contributed by atoms with Crippen molar-refractivity contribution >= 4 is 23.2 Å². The van der Waals surface area contributed by atoms with E-state index in [1.807, 2.05) is 0 Å². The number of oxazole rings is 1. The highest BCUT2D eigenvalue weighted by Gasteiger charge is 2.24. The molecule has 0 amide bonds. The predicted molar refractivity (Wildman–Crippen MR) is 86.2 cm³/mol. The van der Waals surface area contributed by atoms with Crippen LogP contribution in [-0.4, -0.2) is 45.3 Å². The highest BCUT2D eigenvalue weighted by atomic mass is 35.5. The van der Waals surface area contributed by atoms with Gasteiger partial charge in [-0.05, 0) is 32.9 Å². The van der Waals surface area contributed by atoms with E-state index >= 15 is 0 Å². The molecule has 2 N–H and O–H groups in total. The standard InChI is InChI=1S/C15H18ClN5O2/c1-21-7-2-3-9(21)4-5-10(22)11-14(17)20-12(13(16)19-11)15-18-6-8-23-15/h6,8-9H,2-5,7H2,1H3,(H2,17,20). The molecule has 0 bridgehead atoms. The first-order valence-corrected chi connectivity index (χ1v) is 7.90. The van der Waals surface area contributed by atoms with Crippen LogP contribution in [0, 0.1) is 0 Å². The van der Waals surface area contributed by atoms with Crippen LogP contribution < -0.4 is 5.73 Å². The zero-order valence-corrected chi connectivity index (χ0v) is 13.6. The number of nitrogen functional groups attached to an aromatic ring is 1. The minimum atomic E-state index is -0.142. The molecule has 0 aromatic carbocycles.